The first kappa shape index (κ1) is 18.3. The second-order valence-electron chi connectivity index (χ2n) is 4.20. The number of carbonyl (C=O) groups excluding carboxylic acids is 1. The lowest BCUT2D eigenvalue weighted by Gasteiger charge is -2.10. The van der Waals surface area contributed by atoms with Crippen LogP contribution in [0.5, 0.6) is 0 Å². The summed E-state index contributed by atoms with van der Waals surface area (Å²) in [6, 6.07) is 8.17. The summed E-state index contributed by atoms with van der Waals surface area (Å²) in [5.74, 6) is -0.608. The van der Waals surface area contributed by atoms with Crippen LogP contribution in [0.4, 0.5) is 18.3 Å². The van der Waals surface area contributed by atoms with Crippen LogP contribution < -0.4 is 11.1 Å². The molecule has 5 nitrogen and oxygen atoms in total. The molecule has 3 N–H and O–H groups in total. The van der Waals surface area contributed by atoms with Gasteiger partial charge < -0.3 is 5.73 Å². The van der Waals surface area contributed by atoms with E-state index in [2.05, 4.69) is 15.5 Å². The van der Waals surface area contributed by atoms with Gasteiger partial charge in [-0.25, -0.2) is 0 Å². The predicted molar refractivity (Wildman–Crippen MR) is 78.9 cm³/mol. The maximum absolute atomic E-state index is 12.4. The highest BCUT2D eigenvalue weighted by Gasteiger charge is 2.35. The molecular weight excluding hydrogens is 341 g/mol. The average Bonchev–Trinajstić information content (AvgIpc) is 2.88. The highest BCUT2D eigenvalue weighted by molar-refractivity contribution is 7.15. The third kappa shape index (κ3) is 4.93. The lowest BCUT2D eigenvalue weighted by molar-refractivity contribution is -0.138. The van der Waals surface area contributed by atoms with Crippen LogP contribution in [-0.2, 0) is 17.4 Å². The van der Waals surface area contributed by atoms with Crippen molar-refractivity contribution in [2.24, 2.45) is 5.73 Å². The van der Waals surface area contributed by atoms with Crippen molar-refractivity contribution in [2.75, 3.05) is 5.32 Å². The Morgan fingerprint density at radius 3 is 2.45 bits per heavy atom. The van der Waals surface area contributed by atoms with Gasteiger partial charge in [-0.1, -0.05) is 41.7 Å². The van der Waals surface area contributed by atoms with Crippen LogP contribution in [0.3, 0.4) is 0 Å². The van der Waals surface area contributed by atoms with Crippen LogP contribution in [0.15, 0.2) is 30.3 Å². The Kier molecular flexibility index (Phi) is 6.27. The molecule has 10 heteroatoms. The molecule has 0 fully saturated rings. The largest absolute Gasteiger partial charge is 0.445 e. The van der Waals surface area contributed by atoms with E-state index in [-0.39, 0.29) is 35.3 Å². The van der Waals surface area contributed by atoms with Gasteiger partial charge in [-0.2, -0.15) is 13.2 Å². The zero-order valence-corrected chi connectivity index (χ0v) is 12.6. The fourth-order valence-corrected chi connectivity index (χ4v) is 2.16. The maximum Gasteiger partial charge on any atom is 0.445 e. The average molecular weight is 353 g/mol. The summed E-state index contributed by atoms with van der Waals surface area (Å²) in [7, 11) is 0. The fraction of sp³-hybridized carbons (Fsp3) is 0.250. The van der Waals surface area contributed by atoms with E-state index in [0.29, 0.717) is 0 Å². The molecule has 120 valence electrons. The quantitative estimate of drug-likeness (QED) is 0.885. The lowest BCUT2D eigenvalue weighted by Crippen LogP contribution is -2.37. The minimum Gasteiger partial charge on any atom is -0.320 e. The van der Waals surface area contributed by atoms with E-state index in [1.165, 1.54) is 0 Å². The van der Waals surface area contributed by atoms with Crippen molar-refractivity contribution in [1.82, 2.24) is 10.2 Å². The molecule has 1 heterocycles. The molecular formula is C12H12ClF3N4OS. The van der Waals surface area contributed by atoms with E-state index < -0.39 is 23.1 Å². The first-order chi connectivity index (χ1) is 9.86. The molecule has 0 unspecified atom stereocenters. The standard InChI is InChI=1S/C12H11F3N4OS.ClH/c13-12(14,15)10-18-19-11(21-10)17-9(20)8(16)6-7-4-2-1-3-5-7;/h1-5,8H,6,16H2,(H,17,19,20);1H/t8-;/m0./s1. The van der Waals surface area contributed by atoms with Crippen molar-refractivity contribution in [2.45, 2.75) is 18.6 Å². The fourth-order valence-electron chi connectivity index (χ4n) is 1.55. The van der Waals surface area contributed by atoms with E-state index in [9.17, 15) is 18.0 Å². The number of nitrogens with zero attached hydrogens (tertiary/aromatic N) is 2. The van der Waals surface area contributed by atoms with Gasteiger partial charge in [0.1, 0.15) is 0 Å². The van der Waals surface area contributed by atoms with Crippen molar-refractivity contribution >= 4 is 34.8 Å². The van der Waals surface area contributed by atoms with Crippen LogP contribution in [0.1, 0.15) is 10.6 Å². The molecule has 1 aromatic carbocycles. The third-order valence-electron chi connectivity index (χ3n) is 2.53. The number of nitrogens with one attached hydrogen (secondary N) is 1. The van der Waals surface area contributed by atoms with Gasteiger partial charge in [-0.3, -0.25) is 10.1 Å². The first-order valence-electron chi connectivity index (χ1n) is 5.87. The highest BCUT2D eigenvalue weighted by atomic mass is 35.5. The molecule has 0 saturated heterocycles. The monoisotopic (exact) mass is 352 g/mol. The summed E-state index contributed by atoms with van der Waals surface area (Å²) in [6.45, 7) is 0. The molecule has 1 amide bonds. The molecule has 0 aliphatic rings. The van der Waals surface area contributed by atoms with Crippen LogP contribution in [0.25, 0.3) is 0 Å². The smallest absolute Gasteiger partial charge is 0.320 e. The Morgan fingerprint density at radius 1 is 1.27 bits per heavy atom. The third-order valence-corrected chi connectivity index (χ3v) is 3.42. The summed E-state index contributed by atoms with van der Waals surface area (Å²) < 4.78 is 37.1. The van der Waals surface area contributed by atoms with Gasteiger partial charge >= 0.3 is 6.18 Å². The van der Waals surface area contributed by atoms with Crippen molar-refractivity contribution in [3.05, 3.63) is 40.9 Å². The summed E-state index contributed by atoms with van der Waals surface area (Å²) in [5.41, 5.74) is 6.57. The van der Waals surface area contributed by atoms with Gasteiger partial charge in [0.25, 0.3) is 0 Å². The summed E-state index contributed by atoms with van der Waals surface area (Å²) in [5, 5.41) is 7.14. The van der Waals surface area contributed by atoms with Gasteiger partial charge in [0.15, 0.2) is 0 Å². The number of hydrogen-bond acceptors (Lipinski definition) is 5. The second-order valence-corrected chi connectivity index (χ2v) is 5.17. The summed E-state index contributed by atoms with van der Waals surface area (Å²) in [4.78, 5) is 11.8. The van der Waals surface area contributed by atoms with Gasteiger partial charge in [0.2, 0.25) is 16.0 Å². The van der Waals surface area contributed by atoms with E-state index in [4.69, 9.17) is 5.73 Å². The Bertz CT molecular complexity index is 620. The number of aromatic nitrogens is 2. The summed E-state index contributed by atoms with van der Waals surface area (Å²) in [6.07, 6.45) is -4.30. The number of anilines is 1. The van der Waals surface area contributed by atoms with Crippen LogP contribution in [0, 0.1) is 0 Å². The molecule has 0 spiro atoms. The van der Waals surface area contributed by atoms with Gasteiger partial charge in [-0.05, 0) is 12.0 Å². The van der Waals surface area contributed by atoms with Crippen molar-refractivity contribution in [3.63, 3.8) is 0 Å². The van der Waals surface area contributed by atoms with Gasteiger partial charge in [0, 0.05) is 0 Å². The minimum atomic E-state index is -4.58. The number of amides is 1. The van der Waals surface area contributed by atoms with Crippen molar-refractivity contribution in [3.8, 4) is 0 Å². The Morgan fingerprint density at radius 2 is 1.91 bits per heavy atom. The number of rotatable bonds is 4. The molecule has 0 aliphatic carbocycles. The zero-order valence-electron chi connectivity index (χ0n) is 11.0. The molecule has 1 aromatic heterocycles. The molecule has 2 rings (SSSR count). The Labute approximate surface area is 134 Å². The topological polar surface area (TPSA) is 80.9 Å². The number of nitrogens with two attached hydrogens (primary N) is 1. The van der Waals surface area contributed by atoms with Crippen LogP contribution in [0.2, 0.25) is 0 Å². The minimum absolute atomic E-state index is 0. The lowest BCUT2D eigenvalue weighted by atomic mass is 10.1. The molecule has 22 heavy (non-hydrogen) atoms. The molecule has 2 aromatic rings. The Hall–Kier alpha value is -1.71. The second kappa shape index (κ2) is 7.52. The molecule has 0 radical (unpaired) electrons. The normalized spacial score (nSPS) is 12.4. The zero-order chi connectivity index (χ0) is 15.5. The molecule has 1 atom stereocenters. The molecule has 0 aliphatic heterocycles. The summed E-state index contributed by atoms with van der Waals surface area (Å²) >= 11 is 0.257. The van der Waals surface area contributed by atoms with Crippen LogP contribution >= 0.6 is 23.7 Å². The number of benzene rings is 1. The molecule has 0 bridgehead atoms. The van der Waals surface area contributed by atoms with Gasteiger partial charge in [0.05, 0.1) is 6.04 Å². The van der Waals surface area contributed by atoms with E-state index in [1.54, 1.807) is 24.3 Å². The van der Waals surface area contributed by atoms with Crippen molar-refractivity contribution < 1.29 is 18.0 Å². The Balaban J connectivity index is 0.00000242. The number of alkyl halides is 3. The number of carbonyl (C=O) groups is 1. The molecule has 0 saturated carbocycles. The predicted octanol–water partition coefficient (Wildman–Crippen LogP) is 2.49. The van der Waals surface area contributed by atoms with E-state index in [0.717, 1.165) is 5.56 Å². The van der Waals surface area contributed by atoms with Gasteiger partial charge in [-0.15, -0.1) is 22.6 Å². The SMILES string of the molecule is Cl.N[C@@H](Cc1ccccc1)C(=O)Nc1nnc(C(F)(F)F)s1. The van der Waals surface area contributed by atoms with E-state index in [1.807, 2.05) is 6.07 Å². The van der Waals surface area contributed by atoms with E-state index >= 15 is 0 Å². The highest BCUT2D eigenvalue weighted by Crippen LogP contribution is 2.32. The van der Waals surface area contributed by atoms with Crippen LogP contribution in [-0.4, -0.2) is 22.1 Å². The van der Waals surface area contributed by atoms with Crippen molar-refractivity contribution in [1.29, 1.82) is 0 Å². The maximum atomic E-state index is 12.4. The number of halogens is 4. The first-order valence-corrected chi connectivity index (χ1v) is 6.69. The number of hydrogen-bond donors (Lipinski definition) is 2.